The van der Waals surface area contributed by atoms with E-state index in [0.717, 1.165) is 11.1 Å². The molecule has 3 rings (SSSR count). The van der Waals surface area contributed by atoms with Gasteiger partial charge in [0.05, 0.1) is 26.4 Å². The number of morpholine rings is 1. The number of nitrogens with zero attached hydrogens (tertiary/aromatic N) is 1. The molecular weight excluding hydrogens is 385 g/mol. The molecule has 6 heteroatoms. The zero-order valence-electron chi connectivity index (χ0n) is 17.0. The highest BCUT2D eigenvalue weighted by molar-refractivity contribution is 7.55. The van der Waals surface area contributed by atoms with Gasteiger partial charge in [-0.05, 0) is 31.5 Å². The minimum absolute atomic E-state index is 0.267. The van der Waals surface area contributed by atoms with E-state index in [1.807, 2.05) is 74.5 Å². The van der Waals surface area contributed by atoms with Crippen molar-refractivity contribution < 1.29 is 18.3 Å². The normalized spacial score (nSPS) is 17.2. The van der Waals surface area contributed by atoms with Gasteiger partial charge in [0.1, 0.15) is 0 Å². The van der Waals surface area contributed by atoms with Crippen LogP contribution in [0.15, 0.2) is 60.7 Å². The summed E-state index contributed by atoms with van der Waals surface area (Å²) in [7, 11) is -3.69. The van der Waals surface area contributed by atoms with Gasteiger partial charge in [-0.15, -0.1) is 0 Å². The van der Waals surface area contributed by atoms with Crippen molar-refractivity contribution in [2.45, 2.75) is 19.1 Å². The van der Waals surface area contributed by atoms with Crippen LogP contribution in [0.1, 0.15) is 25.0 Å². The maximum atomic E-state index is 14.3. The molecule has 2 aromatic carbocycles. The summed E-state index contributed by atoms with van der Waals surface area (Å²) in [4.78, 5) is 2.09. The van der Waals surface area contributed by atoms with Crippen LogP contribution < -0.4 is 0 Å². The van der Waals surface area contributed by atoms with E-state index in [-0.39, 0.29) is 13.2 Å². The Morgan fingerprint density at radius 2 is 1.52 bits per heavy atom. The second kappa shape index (κ2) is 10.2. The maximum Gasteiger partial charge on any atom is 0.367 e. The molecule has 2 aromatic rings. The largest absolute Gasteiger partial charge is 0.379 e. The van der Waals surface area contributed by atoms with Crippen molar-refractivity contribution in [3.05, 3.63) is 71.8 Å². The first-order valence-corrected chi connectivity index (χ1v) is 11.6. The number of ether oxygens (including phenoxy) is 1. The van der Waals surface area contributed by atoms with Crippen molar-refractivity contribution in [2.75, 3.05) is 39.5 Å². The first-order valence-electron chi connectivity index (χ1n) is 10.0. The van der Waals surface area contributed by atoms with Crippen molar-refractivity contribution in [3.8, 4) is 11.8 Å². The standard InChI is InChI=1S/C23H28NO4P/c1-3-27-29(25,28-4-2)23(22-13-9-6-10-14-22,24-17-19-26-20-18-24)16-15-21-11-7-5-8-12-21/h5-14H,3-4,17-20H2,1-2H3. The fourth-order valence-electron chi connectivity index (χ4n) is 3.54. The Labute approximate surface area is 173 Å². The molecule has 0 spiro atoms. The topological polar surface area (TPSA) is 48.0 Å². The Morgan fingerprint density at radius 1 is 0.966 bits per heavy atom. The highest BCUT2D eigenvalue weighted by Gasteiger charge is 2.56. The molecule has 1 aliphatic rings. The average molecular weight is 413 g/mol. The van der Waals surface area contributed by atoms with Crippen molar-refractivity contribution >= 4 is 7.60 Å². The van der Waals surface area contributed by atoms with Crippen molar-refractivity contribution in [1.29, 1.82) is 0 Å². The SMILES string of the molecule is CCOP(=O)(OCC)C(C#Cc1ccccc1)(c1ccccc1)N1CCOCC1. The Morgan fingerprint density at radius 3 is 2.07 bits per heavy atom. The fourth-order valence-corrected chi connectivity index (χ4v) is 5.87. The lowest BCUT2D eigenvalue weighted by molar-refractivity contribution is 0.00752. The molecule has 1 aliphatic heterocycles. The van der Waals surface area contributed by atoms with E-state index in [2.05, 4.69) is 16.7 Å². The highest BCUT2D eigenvalue weighted by atomic mass is 31.2. The van der Waals surface area contributed by atoms with Gasteiger partial charge in [-0.3, -0.25) is 9.46 Å². The zero-order valence-corrected chi connectivity index (χ0v) is 17.9. The second-order valence-corrected chi connectivity index (χ2v) is 8.75. The summed E-state index contributed by atoms with van der Waals surface area (Å²) in [6.45, 7) is 6.44. The summed E-state index contributed by atoms with van der Waals surface area (Å²) in [5.41, 5.74) is 1.65. The van der Waals surface area contributed by atoms with Crippen LogP contribution in [0.2, 0.25) is 0 Å². The van der Waals surface area contributed by atoms with E-state index in [0.29, 0.717) is 26.3 Å². The summed E-state index contributed by atoms with van der Waals surface area (Å²) in [5, 5.41) is -1.22. The van der Waals surface area contributed by atoms with E-state index in [4.69, 9.17) is 13.8 Å². The number of hydrogen-bond acceptors (Lipinski definition) is 5. The van der Waals surface area contributed by atoms with Gasteiger partial charge in [0.15, 0.2) is 0 Å². The van der Waals surface area contributed by atoms with Crippen LogP contribution >= 0.6 is 7.60 Å². The molecule has 0 N–H and O–H groups in total. The molecule has 1 atom stereocenters. The molecule has 0 aromatic heterocycles. The average Bonchev–Trinajstić information content (AvgIpc) is 2.77. The molecule has 29 heavy (non-hydrogen) atoms. The van der Waals surface area contributed by atoms with Gasteiger partial charge >= 0.3 is 7.60 Å². The third-order valence-electron chi connectivity index (χ3n) is 4.79. The van der Waals surface area contributed by atoms with Gasteiger partial charge in [-0.1, -0.05) is 60.4 Å². The van der Waals surface area contributed by atoms with Crippen LogP contribution in [0.4, 0.5) is 0 Å². The molecule has 5 nitrogen and oxygen atoms in total. The molecule has 0 aliphatic carbocycles. The Bertz CT molecular complexity index is 862. The van der Waals surface area contributed by atoms with Crippen LogP contribution in [0.25, 0.3) is 0 Å². The fraction of sp³-hybridized carbons (Fsp3) is 0.391. The quantitative estimate of drug-likeness (QED) is 0.495. The molecule has 1 heterocycles. The Kier molecular flexibility index (Phi) is 7.66. The van der Waals surface area contributed by atoms with Gasteiger partial charge in [0, 0.05) is 18.7 Å². The lowest BCUT2D eigenvalue weighted by Gasteiger charge is -2.45. The lowest BCUT2D eigenvalue weighted by atomic mass is 10.0. The number of hydrogen-bond donors (Lipinski definition) is 0. The highest BCUT2D eigenvalue weighted by Crippen LogP contribution is 2.66. The minimum Gasteiger partial charge on any atom is -0.379 e. The van der Waals surface area contributed by atoms with Crippen LogP contribution in [0, 0.1) is 11.8 Å². The first kappa shape index (κ1) is 21.8. The molecule has 1 saturated heterocycles. The van der Waals surface area contributed by atoms with Gasteiger partial charge in [-0.2, -0.15) is 0 Å². The van der Waals surface area contributed by atoms with Gasteiger partial charge in [0.2, 0.25) is 5.28 Å². The molecule has 0 saturated carbocycles. The monoisotopic (exact) mass is 413 g/mol. The Balaban J connectivity index is 2.26. The minimum atomic E-state index is -3.69. The van der Waals surface area contributed by atoms with Crippen molar-refractivity contribution in [1.82, 2.24) is 4.90 Å². The molecule has 1 unspecified atom stereocenters. The number of rotatable bonds is 7. The van der Waals surface area contributed by atoms with Gasteiger partial charge in [-0.25, -0.2) is 0 Å². The molecule has 0 radical (unpaired) electrons. The van der Waals surface area contributed by atoms with Crippen LogP contribution in [0.5, 0.6) is 0 Å². The predicted molar refractivity (Wildman–Crippen MR) is 115 cm³/mol. The third kappa shape index (κ3) is 4.64. The van der Waals surface area contributed by atoms with Gasteiger partial charge < -0.3 is 13.8 Å². The van der Waals surface area contributed by atoms with Crippen LogP contribution in [-0.2, 0) is 23.6 Å². The van der Waals surface area contributed by atoms with Crippen LogP contribution in [-0.4, -0.2) is 44.4 Å². The van der Waals surface area contributed by atoms with Crippen LogP contribution in [0.3, 0.4) is 0 Å². The third-order valence-corrected chi connectivity index (χ3v) is 7.44. The van der Waals surface area contributed by atoms with Gasteiger partial charge in [0.25, 0.3) is 0 Å². The second-order valence-electron chi connectivity index (χ2n) is 6.59. The predicted octanol–water partition coefficient (Wildman–Crippen LogP) is 4.49. The summed E-state index contributed by atoms with van der Waals surface area (Å²) in [6, 6.07) is 19.4. The Hall–Kier alpha value is -1.93. The molecule has 0 bridgehead atoms. The van der Waals surface area contributed by atoms with E-state index >= 15 is 0 Å². The van der Waals surface area contributed by atoms with Crippen molar-refractivity contribution in [2.24, 2.45) is 0 Å². The van der Waals surface area contributed by atoms with E-state index in [1.165, 1.54) is 0 Å². The molecule has 1 fully saturated rings. The summed E-state index contributed by atoms with van der Waals surface area (Å²) >= 11 is 0. The summed E-state index contributed by atoms with van der Waals surface area (Å²) < 4.78 is 31.7. The summed E-state index contributed by atoms with van der Waals surface area (Å²) in [5.74, 6) is 6.59. The maximum absolute atomic E-state index is 14.3. The van der Waals surface area contributed by atoms with E-state index in [1.54, 1.807) is 0 Å². The number of benzene rings is 2. The molecule has 0 amide bonds. The molecular formula is C23H28NO4P. The first-order chi connectivity index (χ1) is 14.2. The zero-order chi connectivity index (χ0) is 20.6. The van der Waals surface area contributed by atoms with Crippen molar-refractivity contribution in [3.63, 3.8) is 0 Å². The molecule has 154 valence electrons. The lowest BCUT2D eigenvalue weighted by Crippen LogP contribution is -2.51. The smallest absolute Gasteiger partial charge is 0.367 e. The summed E-state index contributed by atoms with van der Waals surface area (Å²) in [6.07, 6.45) is 0. The van der Waals surface area contributed by atoms with E-state index in [9.17, 15) is 4.57 Å². The van der Waals surface area contributed by atoms with E-state index < -0.39 is 12.9 Å².